The predicted molar refractivity (Wildman–Crippen MR) is 69.7 cm³/mol. The van der Waals surface area contributed by atoms with E-state index in [4.69, 9.17) is 5.73 Å². The van der Waals surface area contributed by atoms with Crippen molar-refractivity contribution in [3.8, 4) is 11.8 Å². The number of nitrogen functional groups attached to an aromatic ring is 1. The number of hydrogen-bond donors (Lipinski definition) is 2. The number of aromatic nitrogens is 4. The van der Waals surface area contributed by atoms with E-state index in [0.717, 1.165) is 22.3 Å². The van der Waals surface area contributed by atoms with Crippen molar-refractivity contribution in [3.63, 3.8) is 0 Å². The average molecular weight is 237 g/mol. The number of anilines is 1. The molecule has 0 aliphatic rings. The minimum atomic E-state index is 0.695. The fourth-order valence-corrected chi connectivity index (χ4v) is 1.73. The number of H-pyrrole nitrogens is 1. The average Bonchev–Trinajstić information content (AvgIpc) is 2.93. The van der Waals surface area contributed by atoms with Crippen LogP contribution in [0.4, 0.5) is 5.69 Å². The number of nitrogens with two attached hydrogens (primary N) is 1. The molecule has 0 saturated carbocycles. The van der Waals surface area contributed by atoms with E-state index in [2.05, 4.69) is 27.0 Å². The molecule has 1 aromatic carbocycles. The summed E-state index contributed by atoms with van der Waals surface area (Å²) in [5, 5.41) is 8.06. The molecule has 0 atom stereocenters. The Morgan fingerprint density at radius 2 is 2.22 bits per heavy atom. The third kappa shape index (κ3) is 1.70. The van der Waals surface area contributed by atoms with Gasteiger partial charge in [-0.05, 0) is 30.0 Å². The zero-order valence-corrected chi connectivity index (χ0v) is 9.81. The maximum atomic E-state index is 5.70. The van der Waals surface area contributed by atoms with Crippen LogP contribution in [0.15, 0.2) is 30.7 Å². The minimum Gasteiger partial charge on any atom is -0.399 e. The number of benzene rings is 1. The third-order valence-corrected chi connectivity index (χ3v) is 2.71. The lowest BCUT2D eigenvalue weighted by atomic mass is 10.2. The Hall–Kier alpha value is -2.74. The summed E-state index contributed by atoms with van der Waals surface area (Å²) in [5.74, 6) is 6.11. The summed E-state index contributed by atoms with van der Waals surface area (Å²) in [6.45, 7) is 0. The Balaban J connectivity index is 2.06. The highest BCUT2D eigenvalue weighted by Crippen LogP contribution is 2.17. The van der Waals surface area contributed by atoms with Crippen molar-refractivity contribution in [2.45, 2.75) is 0 Å². The number of fused-ring (bicyclic) bond motifs is 1. The van der Waals surface area contributed by atoms with Gasteiger partial charge in [-0.15, -0.1) is 0 Å². The Morgan fingerprint density at radius 3 is 3.00 bits per heavy atom. The van der Waals surface area contributed by atoms with Gasteiger partial charge in [0, 0.05) is 18.1 Å². The van der Waals surface area contributed by atoms with Gasteiger partial charge in [-0.1, -0.05) is 0 Å². The largest absolute Gasteiger partial charge is 0.399 e. The second-order valence-corrected chi connectivity index (χ2v) is 4.01. The molecule has 3 aromatic rings. The molecule has 3 rings (SSSR count). The first-order chi connectivity index (χ1) is 8.74. The molecule has 0 aliphatic carbocycles. The molecule has 0 unspecified atom stereocenters. The molecule has 18 heavy (non-hydrogen) atoms. The SMILES string of the molecule is Cn1cncc1C#Cc1[nH]nc2cc(N)ccc12. The molecule has 0 fully saturated rings. The van der Waals surface area contributed by atoms with E-state index in [0.29, 0.717) is 5.69 Å². The van der Waals surface area contributed by atoms with E-state index in [-0.39, 0.29) is 0 Å². The van der Waals surface area contributed by atoms with Crippen molar-refractivity contribution in [2.75, 3.05) is 5.73 Å². The topological polar surface area (TPSA) is 72.5 Å². The van der Waals surface area contributed by atoms with Gasteiger partial charge in [-0.3, -0.25) is 5.10 Å². The fourth-order valence-electron chi connectivity index (χ4n) is 1.73. The second-order valence-electron chi connectivity index (χ2n) is 4.01. The number of hydrogen-bond acceptors (Lipinski definition) is 3. The maximum absolute atomic E-state index is 5.70. The van der Waals surface area contributed by atoms with E-state index < -0.39 is 0 Å². The van der Waals surface area contributed by atoms with Crippen molar-refractivity contribution in [3.05, 3.63) is 42.1 Å². The molecular weight excluding hydrogens is 226 g/mol. The standard InChI is InChI=1S/C13H11N5/c1-18-8-15-7-10(18)3-5-12-11-4-2-9(14)6-13(11)17-16-12/h2,4,6-8H,14H2,1H3,(H,16,17). The number of imidazole rings is 1. The number of aryl methyl sites for hydroxylation is 1. The van der Waals surface area contributed by atoms with E-state index in [1.165, 1.54) is 0 Å². The Bertz CT molecular complexity index is 769. The van der Waals surface area contributed by atoms with Gasteiger partial charge in [0.2, 0.25) is 0 Å². The summed E-state index contributed by atoms with van der Waals surface area (Å²) in [5.41, 5.74) is 8.86. The van der Waals surface area contributed by atoms with Gasteiger partial charge in [0.15, 0.2) is 0 Å². The van der Waals surface area contributed by atoms with Crippen LogP contribution in [0.2, 0.25) is 0 Å². The second kappa shape index (κ2) is 3.93. The summed E-state index contributed by atoms with van der Waals surface area (Å²) in [4.78, 5) is 4.01. The highest BCUT2D eigenvalue weighted by Gasteiger charge is 2.02. The zero-order valence-electron chi connectivity index (χ0n) is 9.81. The monoisotopic (exact) mass is 237 g/mol. The van der Waals surface area contributed by atoms with Crippen LogP contribution in [0.5, 0.6) is 0 Å². The van der Waals surface area contributed by atoms with Gasteiger partial charge >= 0.3 is 0 Å². The predicted octanol–water partition coefficient (Wildman–Crippen LogP) is 1.28. The van der Waals surface area contributed by atoms with Crippen LogP contribution in [0.1, 0.15) is 11.4 Å². The first kappa shape index (κ1) is 10.4. The van der Waals surface area contributed by atoms with Crippen molar-refractivity contribution < 1.29 is 0 Å². The van der Waals surface area contributed by atoms with Crippen LogP contribution in [-0.4, -0.2) is 19.7 Å². The molecule has 0 radical (unpaired) electrons. The minimum absolute atomic E-state index is 0.695. The fraction of sp³-hybridized carbons (Fsp3) is 0.0769. The lowest BCUT2D eigenvalue weighted by Gasteiger charge is -1.92. The third-order valence-electron chi connectivity index (χ3n) is 2.71. The number of rotatable bonds is 0. The summed E-state index contributed by atoms with van der Waals surface area (Å²) in [6.07, 6.45) is 3.44. The molecule has 0 bridgehead atoms. The lowest BCUT2D eigenvalue weighted by Crippen LogP contribution is -1.88. The molecule has 0 aliphatic heterocycles. The zero-order chi connectivity index (χ0) is 12.5. The smallest absolute Gasteiger partial charge is 0.116 e. The van der Waals surface area contributed by atoms with E-state index >= 15 is 0 Å². The highest BCUT2D eigenvalue weighted by atomic mass is 15.1. The molecule has 0 spiro atoms. The lowest BCUT2D eigenvalue weighted by molar-refractivity contribution is 0.899. The quantitative estimate of drug-likeness (QED) is 0.457. The molecule has 3 N–H and O–H groups in total. The Labute approximate surface area is 104 Å². The highest BCUT2D eigenvalue weighted by molar-refractivity contribution is 5.86. The van der Waals surface area contributed by atoms with Gasteiger partial charge in [-0.25, -0.2) is 4.98 Å². The van der Waals surface area contributed by atoms with Gasteiger partial charge in [0.1, 0.15) is 11.4 Å². The number of nitrogens with one attached hydrogen (secondary N) is 1. The molecule has 2 heterocycles. The maximum Gasteiger partial charge on any atom is 0.116 e. The van der Waals surface area contributed by atoms with Crippen LogP contribution in [0.3, 0.4) is 0 Å². The van der Waals surface area contributed by atoms with Crippen LogP contribution in [0.25, 0.3) is 10.9 Å². The van der Waals surface area contributed by atoms with Crippen LogP contribution in [0, 0.1) is 11.8 Å². The van der Waals surface area contributed by atoms with Gasteiger partial charge in [-0.2, -0.15) is 5.10 Å². The summed E-state index contributed by atoms with van der Waals surface area (Å²) in [6, 6.07) is 5.58. The van der Waals surface area contributed by atoms with E-state index in [1.807, 2.05) is 29.8 Å². The first-order valence-electron chi connectivity index (χ1n) is 5.46. The Kier molecular flexibility index (Phi) is 2.27. The van der Waals surface area contributed by atoms with Crippen LogP contribution >= 0.6 is 0 Å². The summed E-state index contributed by atoms with van der Waals surface area (Å²) >= 11 is 0. The summed E-state index contributed by atoms with van der Waals surface area (Å²) < 4.78 is 1.86. The molecule has 2 aromatic heterocycles. The molecule has 5 nitrogen and oxygen atoms in total. The van der Waals surface area contributed by atoms with Gasteiger partial charge < -0.3 is 10.3 Å². The normalized spacial score (nSPS) is 10.3. The van der Waals surface area contributed by atoms with E-state index in [1.54, 1.807) is 12.5 Å². The molecule has 0 amide bonds. The Morgan fingerprint density at radius 1 is 1.33 bits per heavy atom. The molecule has 0 saturated heterocycles. The molecule has 88 valence electrons. The van der Waals surface area contributed by atoms with Crippen molar-refractivity contribution >= 4 is 16.6 Å². The molecular formula is C13H11N5. The first-order valence-corrected chi connectivity index (χ1v) is 5.46. The van der Waals surface area contributed by atoms with Crippen molar-refractivity contribution in [2.24, 2.45) is 7.05 Å². The van der Waals surface area contributed by atoms with Crippen molar-refractivity contribution in [1.29, 1.82) is 0 Å². The summed E-state index contributed by atoms with van der Waals surface area (Å²) in [7, 11) is 1.91. The van der Waals surface area contributed by atoms with Crippen molar-refractivity contribution in [1.82, 2.24) is 19.7 Å². The van der Waals surface area contributed by atoms with Crippen LogP contribution in [-0.2, 0) is 7.05 Å². The molecule has 5 heteroatoms. The van der Waals surface area contributed by atoms with E-state index in [9.17, 15) is 0 Å². The van der Waals surface area contributed by atoms with Crippen LogP contribution < -0.4 is 5.73 Å². The van der Waals surface area contributed by atoms with Gasteiger partial charge in [0.05, 0.1) is 18.0 Å². The van der Waals surface area contributed by atoms with Gasteiger partial charge in [0.25, 0.3) is 0 Å². The number of aromatic amines is 1. The number of nitrogens with zero attached hydrogens (tertiary/aromatic N) is 3.